The standard InChI is InChI=1S/C6H18I3NSi3/c1-11(2,3)10(12(4,5)6)13(7,8)9/h1-6H3. The normalized spacial score (nSPS) is 15.2. The molecule has 1 nitrogen and oxygen atoms in total. The van der Waals surface area contributed by atoms with E-state index in [-0.39, 0.29) is 0 Å². The molecule has 80 valence electrons. The molecule has 0 aliphatic heterocycles. The Labute approximate surface area is 124 Å². The number of rotatable bonds is 3. The third kappa shape index (κ3) is 5.61. The summed E-state index contributed by atoms with van der Waals surface area (Å²) in [5, 5.41) is 0. The van der Waals surface area contributed by atoms with Crippen molar-refractivity contribution < 1.29 is 0 Å². The van der Waals surface area contributed by atoms with Crippen LogP contribution in [-0.2, 0) is 0 Å². The molecule has 0 radical (unpaired) electrons. The van der Waals surface area contributed by atoms with Crippen molar-refractivity contribution in [2.45, 2.75) is 39.3 Å². The van der Waals surface area contributed by atoms with Crippen molar-refractivity contribution in [3.63, 3.8) is 0 Å². The molecule has 0 aliphatic rings. The van der Waals surface area contributed by atoms with Gasteiger partial charge in [0.1, 0.15) is 16.5 Å². The van der Waals surface area contributed by atoms with Gasteiger partial charge in [-0.15, -0.1) is 0 Å². The molecule has 0 N–H and O–H groups in total. The van der Waals surface area contributed by atoms with Crippen LogP contribution in [0.4, 0.5) is 0 Å². The molecule has 0 atom stereocenters. The Morgan fingerprint density at radius 3 is 0.923 bits per heavy atom. The second kappa shape index (κ2) is 4.98. The van der Waals surface area contributed by atoms with Crippen LogP contribution in [0.25, 0.3) is 0 Å². The molecule has 0 aromatic rings. The van der Waals surface area contributed by atoms with E-state index >= 15 is 0 Å². The van der Waals surface area contributed by atoms with Gasteiger partial charge in [-0.05, 0) is 0 Å². The summed E-state index contributed by atoms with van der Waals surface area (Å²) in [6, 6.07) is 0. The van der Waals surface area contributed by atoms with Gasteiger partial charge in [0, 0.05) is 0 Å². The van der Waals surface area contributed by atoms with E-state index in [4.69, 9.17) is 0 Å². The van der Waals surface area contributed by atoms with E-state index < -0.39 is 17.2 Å². The minimum absolute atomic E-state index is 1.12. The number of halogens is 3. The van der Waals surface area contributed by atoms with Crippen LogP contribution >= 0.6 is 65.4 Å². The summed E-state index contributed by atoms with van der Waals surface area (Å²) in [7, 11) is -2.25. The lowest BCUT2D eigenvalue weighted by molar-refractivity contribution is 0.967. The Balaban J connectivity index is 5.02. The zero-order valence-corrected chi connectivity index (χ0v) is 18.6. The summed E-state index contributed by atoms with van der Waals surface area (Å²) >= 11 is 8.09. The third-order valence-electron chi connectivity index (χ3n) is 1.60. The van der Waals surface area contributed by atoms with E-state index in [2.05, 4.69) is 109 Å². The highest BCUT2D eigenvalue weighted by molar-refractivity contribution is 14.4. The van der Waals surface area contributed by atoms with Gasteiger partial charge >= 0.3 is 0.725 Å². The Kier molecular flexibility index (Phi) is 6.05. The predicted octanol–water partition coefficient (Wildman–Crippen LogP) is 4.70. The van der Waals surface area contributed by atoms with Crippen molar-refractivity contribution in [1.82, 2.24) is 3.90 Å². The maximum Gasteiger partial charge on any atom is 0.316 e. The molecule has 0 saturated carbocycles. The molecule has 0 rings (SSSR count). The van der Waals surface area contributed by atoms with Gasteiger partial charge in [0.15, 0.2) is 0 Å². The average molecular weight is 569 g/mol. The Bertz CT molecular complexity index is 146. The summed E-state index contributed by atoms with van der Waals surface area (Å²) in [6.07, 6.45) is 0. The van der Waals surface area contributed by atoms with E-state index in [9.17, 15) is 0 Å². The summed E-state index contributed by atoms with van der Waals surface area (Å²) in [5.74, 6) is 0. The largest absolute Gasteiger partial charge is 0.345 e. The fourth-order valence-electron chi connectivity index (χ4n) is 1.77. The monoisotopic (exact) mass is 569 g/mol. The summed E-state index contributed by atoms with van der Waals surface area (Å²) in [5.41, 5.74) is 0. The quantitative estimate of drug-likeness (QED) is 0.271. The lowest BCUT2D eigenvalue weighted by atomic mass is 11.8. The van der Waals surface area contributed by atoms with Crippen LogP contribution in [0.3, 0.4) is 0 Å². The first-order valence-electron chi connectivity index (χ1n) is 4.24. The molecule has 0 aliphatic carbocycles. The molecule has 13 heavy (non-hydrogen) atoms. The van der Waals surface area contributed by atoms with Crippen molar-refractivity contribution in [3.8, 4) is 0 Å². The van der Waals surface area contributed by atoms with Gasteiger partial charge in [-0.25, -0.2) is 0 Å². The van der Waals surface area contributed by atoms with E-state index in [1.807, 2.05) is 0 Å². The van der Waals surface area contributed by atoms with Crippen molar-refractivity contribution >= 4 is 82.6 Å². The first-order valence-corrected chi connectivity index (χ1v) is 22.4. The van der Waals surface area contributed by atoms with Gasteiger partial charge in [0.25, 0.3) is 0 Å². The topological polar surface area (TPSA) is 3.24 Å². The highest BCUT2D eigenvalue weighted by Gasteiger charge is 2.46. The zero-order valence-electron chi connectivity index (χ0n) is 9.08. The lowest BCUT2D eigenvalue weighted by Gasteiger charge is -2.48. The van der Waals surface area contributed by atoms with E-state index in [0.29, 0.717) is 0 Å². The Hall–Kier alpha value is 2.80. The maximum atomic E-state index is 2.94. The fourth-order valence-corrected chi connectivity index (χ4v) is 55.0. The molecule has 0 heterocycles. The van der Waals surface area contributed by atoms with Gasteiger partial charge in [-0.2, -0.15) is 0 Å². The van der Waals surface area contributed by atoms with Crippen LogP contribution in [0.15, 0.2) is 0 Å². The second-order valence-corrected chi connectivity index (χ2v) is 50.1. The molecule has 7 heteroatoms. The highest BCUT2D eigenvalue weighted by atomic mass is 127. The van der Waals surface area contributed by atoms with Gasteiger partial charge in [0.05, 0.1) is 0 Å². The van der Waals surface area contributed by atoms with Gasteiger partial charge in [0.2, 0.25) is 0 Å². The molecule has 0 aromatic heterocycles. The minimum atomic E-state index is -1.19. The first kappa shape index (κ1) is 15.8. The first-order chi connectivity index (χ1) is 5.37. The fraction of sp³-hybridized carbons (Fsp3) is 1.00. The van der Waals surface area contributed by atoms with E-state index in [1.54, 1.807) is 0 Å². The van der Waals surface area contributed by atoms with E-state index in [0.717, 1.165) is 0 Å². The highest BCUT2D eigenvalue weighted by Crippen LogP contribution is 2.40. The maximum absolute atomic E-state index is 2.94. The minimum Gasteiger partial charge on any atom is -0.345 e. The molecule has 0 aromatic carbocycles. The SMILES string of the molecule is C[Si](C)(C)N([Si](C)(C)C)[Si](I)(I)I. The third-order valence-corrected chi connectivity index (χ3v) is 27.4. The summed E-state index contributed by atoms with van der Waals surface area (Å²) < 4.78 is 1.75. The number of hydrogen-bond donors (Lipinski definition) is 0. The molecule has 0 unspecified atom stereocenters. The molecule has 0 spiro atoms. The Morgan fingerprint density at radius 1 is 0.692 bits per heavy atom. The summed E-state index contributed by atoms with van der Waals surface area (Å²) in [4.78, 5) is 0. The van der Waals surface area contributed by atoms with Crippen molar-refractivity contribution in [3.05, 3.63) is 0 Å². The molecule has 0 bridgehead atoms. The van der Waals surface area contributed by atoms with Crippen LogP contribution in [0, 0.1) is 0 Å². The van der Waals surface area contributed by atoms with Gasteiger partial charge < -0.3 is 3.90 Å². The van der Waals surface area contributed by atoms with Gasteiger partial charge in [-0.3, -0.25) is 0 Å². The average Bonchev–Trinajstić information content (AvgIpc) is 1.44. The number of nitrogens with zero attached hydrogens (tertiary/aromatic N) is 1. The molecular weight excluding hydrogens is 551 g/mol. The molecule has 0 saturated heterocycles. The molecule has 0 amide bonds. The van der Waals surface area contributed by atoms with Crippen molar-refractivity contribution in [2.75, 3.05) is 0 Å². The smallest absolute Gasteiger partial charge is 0.316 e. The van der Waals surface area contributed by atoms with Crippen LogP contribution in [-0.4, -0.2) is 21.1 Å². The van der Waals surface area contributed by atoms with Crippen molar-refractivity contribution in [2.24, 2.45) is 0 Å². The van der Waals surface area contributed by atoms with Crippen molar-refractivity contribution in [1.29, 1.82) is 0 Å². The second-order valence-electron chi connectivity index (χ2n) is 5.14. The Morgan fingerprint density at radius 2 is 0.923 bits per heavy atom. The number of hydrogen-bond acceptors (Lipinski definition) is 1. The van der Waals surface area contributed by atoms with E-state index in [1.165, 1.54) is 0 Å². The van der Waals surface area contributed by atoms with Crippen LogP contribution in [0.5, 0.6) is 0 Å². The van der Waals surface area contributed by atoms with Crippen LogP contribution in [0.1, 0.15) is 0 Å². The van der Waals surface area contributed by atoms with Crippen LogP contribution in [0.2, 0.25) is 39.3 Å². The summed E-state index contributed by atoms with van der Waals surface area (Å²) in [6.45, 7) is 14.9. The molecule has 0 fully saturated rings. The predicted molar refractivity (Wildman–Crippen MR) is 96.3 cm³/mol. The lowest BCUT2D eigenvalue weighted by Crippen LogP contribution is -2.65. The van der Waals surface area contributed by atoms with Gasteiger partial charge in [-0.1, -0.05) is 105 Å². The molecular formula is C6H18I3NSi3. The zero-order chi connectivity index (χ0) is 11.1. The van der Waals surface area contributed by atoms with Crippen LogP contribution < -0.4 is 0 Å².